The molecule has 1 amide bonds. The van der Waals surface area contributed by atoms with Crippen LogP contribution in [-0.4, -0.2) is 44.6 Å². The van der Waals surface area contributed by atoms with Gasteiger partial charge in [0.25, 0.3) is 5.91 Å². The van der Waals surface area contributed by atoms with E-state index in [-0.39, 0.29) is 46.8 Å². The lowest BCUT2D eigenvalue weighted by atomic mass is 10.2. The number of thiazole rings is 1. The molecular weight excluding hydrogens is 551 g/mol. The predicted octanol–water partition coefficient (Wildman–Crippen LogP) is 5.76. The molecular formula is C25H31N2O8PS2. The van der Waals surface area contributed by atoms with Gasteiger partial charge < -0.3 is 18.5 Å². The summed E-state index contributed by atoms with van der Waals surface area (Å²) >= 11 is 1.16. The van der Waals surface area contributed by atoms with Crippen molar-refractivity contribution in [1.82, 2.24) is 4.98 Å². The summed E-state index contributed by atoms with van der Waals surface area (Å²) in [6.45, 7) is 7.57. The Labute approximate surface area is 226 Å². The highest BCUT2D eigenvalue weighted by molar-refractivity contribution is 7.91. The number of hydrogen-bond donors (Lipinski definition) is 1. The van der Waals surface area contributed by atoms with Gasteiger partial charge >= 0.3 is 7.60 Å². The average Bonchev–Trinajstić information content (AvgIpc) is 3.29. The molecule has 0 aliphatic carbocycles. The number of ether oxygens (including phenoxy) is 2. The van der Waals surface area contributed by atoms with E-state index in [1.54, 1.807) is 37.4 Å². The smallest absolute Gasteiger partial charge is 0.336 e. The number of nitrogens with zero attached hydrogens (tertiary/aromatic N) is 1. The van der Waals surface area contributed by atoms with Crippen molar-refractivity contribution in [3.63, 3.8) is 0 Å². The van der Waals surface area contributed by atoms with Crippen LogP contribution in [0.2, 0.25) is 0 Å². The molecule has 10 nitrogen and oxygen atoms in total. The van der Waals surface area contributed by atoms with E-state index in [1.165, 1.54) is 30.3 Å². The quantitative estimate of drug-likeness (QED) is 0.236. The summed E-state index contributed by atoms with van der Waals surface area (Å²) in [6, 6.07) is 12.4. The molecule has 0 radical (unpaired) electrons. The van der Waals surface area contributed by atoms with Crippen LogP contribution in [0.25, 0.3) is 0 Å². The molecule has 13 heteroatoms. The topological polar surface area (TPSA) is 130 Å². The summed E-state index contributed by atoms with van der Waals surface area (Å²) in [5.41, 5.74) is 0.642. The maximum absolute atomic E-state index is 13.0. The van der Waals surface area contributed by atoms with Gasteiger partial charge in [0.1, 0.15) is 11.5 Å². The van der Waals surface area contributed by atoms with Crippen molar-refractivity contribution in [3.05, 3.63) is 65.2 Å². The highest BCUT2D eigenvalue weighted by atomic mass is 32.2. The van der Waals surface area contributed by atoms with Crippen LogP contribution in [0.5, 0.6) is 11.5 Å². The van der Waals surface area contributed by atoms with Crippen molar-refractivity contribution < 1.29 is 36.3 Å². The Morgan fingerprint density at radius 2 is 1.71 bits per heavy atom. The van der Waals surface area contributed by atoms with Crippen molar-refractivity contribution in [2.24, 2.45) is 0 Å². The Bertz CT molecular complexity index is 1370. The van der Waals surface area contributed by atoms with E-state index in [0.717, 1.165) is 11.3 Å². The lowest BCUT2D eigenvalue weighted by Crippen LogP contribution is -2.15. The third-order valence-corrected chi connectivity index (χ3v) is 9.02. The summed E-state index contributed by atoms with van der Waals surface area (Å²) in [7, 11) is -7.05. The number of amides is 1. The fourth-order valence-corrected chi connectivity index (χ4v) is 6.73. The fourth-order valence-electron chi connectivity index (χ4n) is 3.29. The van der Waals surface area contributed by atoms with Crippen LogP contribution in [0.3, 0.4) is 0 Å². The molecule has 1 heterocycles. The van der Waals surface area contributed by atoms with Crippen molar-refractivity contribution in [2.45, 2.75) is 44.9 Å². The number of aromatic nitrogens is 1. The lowest BCUT2D eigenvalue weighted by molar-refractivity contribution is 0.102. The summed E-state index contributed by atoms with van der Waals surface area (Å²) in [5, 5.41) is 4.66. The normalized spacial score (nSPS) is 11.9. The molecule has 0 aliphatic rings. The van der Waals surface area contributed by atoms with Crippen molar-refractivity contribution in [1.29, 1.82) is 0 Å². The third kappa shape index (κ3) is 8.64. The van der Waals surface area contributed by atoms with Gasteiger partial charge in [0.15, 0.2) is 11.1 Å². The highest BCUT2D eigenvalue weighted by Gasteiger charge is 2.26. The Kier molecular flexibility index (Phi) is 10.5. The van der Waals surface area contributed by atoms with E-state index in [0.29, 0.717) is 11.4 Å². The van der Waals surface area contributed by atoms with Crippen LogP contribution in [0.15, 0.2) is 58.8 Å². The number of hydrogen-bond acceptors (Lipinski definition) is 10. The van der Waals surface area contributed by atoms with Gasteiger partial charge in [-0.15, -0.1) is 11.3 Å². The predicted molar refractivity (Wildman–Crippen MR) is 146 cm³/mol. The zero-order chi connectivity index (χ0) is 27.8. The fraction of sp³-hybridized carbons (Fsp3) is 0.360. The lowest BCUT2D eigenvalue weighted by Gasteiger charge is -2.15. The number of anilines is 1. The van der Waals surface area contributed by atoms with E-state index in [2.05, 4.69) is 10.3 Å². The molecule has 0 bridgehead atoms. The Hall–Kier alpha value is -2.76. The molecule has 0 atom stereocenters. The molecule has 3 rings (SSSR count). The second-order valence-electron chi connectivity index (χ2n) is 8.25. The van der Waals surface area contributed by atoms with Crippen LogP contribution in [0.1, 0.15) is 43.7 Å². The minimum atomic E-state index is -3.71. The van der Waals surface area contributed by atoms with Gasteiger partial charge in [0, 0.05) is 17.0 Å². The first kappa shape index (κ1) is 29.8. The molecule has 0 saturated carbocycles. The van der Waals surface area contributed by atoms with Gasteiger partial charge in [-0.1, -0.05) is 18.2 Å². The molecule has 1 aromatic heterocycles. The van der Waals surface area contributed by atoms with Crippen molar-refractivity contribution in [3.8, 4) is 11.5 Å². The number of carbonyl (C=O) groups excluding carboxylic acids is 1. The molecule has 1 N–H and O–H groups in total. The molecule has 2 aromatic carbocycles. The van der Waals surface area contributed by atoms with Crippen LogP contribution in [0.4, 0.5) is 5.13 Å². The van der Waals surface area contributed by atoms with E-state index in [9.17, 15) is 17.8 Å². The molecule has 0 spiro atoms. The number of sulfone groups is 1. The van der Waals surface area contributed by atoms with Gasteiger partial charge in [-0.2, -0.15) is 0 Å². The largest absolute Gasteiger partial charge is 0.491 e. The number of carbonyl (C=O) groups is 1. The Balaban J connectivity index is 1.77. The van der Waals surface area contributed by atoms with E-state index < -0.39 is 29.3 Å². The second-order valence-corrected chi connectivity index (χ2v) is 13.1. The average molecular weight is 583 g/mol. The zero-order valence-electron chi connectivity index (χ0n) is 21.6. The summed E-state index contributed by atoms with van der Waals surface area (Å²) in [6.07, 6.45) is -0.214. The molecule has 0 aliphatic heterocycles. The van der Waals surface area contributed by atoms with E-state index in [4.69, 9.17) is 18.5 Å². The first-order valence-corrected chi connectivity index (χ1v) is 16.2. The van der Waals surface area contributed by atoms with Crippen LogP contribution in [-0.2, 0) is 29.6 Å². The number of benzene rings is 2. The first-order chi connectivity index (χ1) is 18.0. The van der Waals surface area contributed by atoms with Gasteiger partial charge in [-0.3, -0.25) is 14.7 Å². The SMILES string of the molecule is CCOP(=O)(Cc1csc(NC(=O)c2cc(OCS(=O)(=O)c3ccccc3)cc(OC(C)C)c2)n1)OCC. The molecule has 0 unspecified atom stereocenters. The van der Waals surface area contributed by atoms with Gasteiger partial charge in [-0.05, 0) is 52.0 Å². The van der Waals surface area contributed by atoms with Crippen LogP contribution < -0.4 is 14.8 Å². The van der Waals surface area contributed by atoms with Crippen LogP contribution in [0, 0.1) is 0 Å². The molecule has 206 valence electrons. The summed E-state index contributed by atoms with van der Waals surface area (Å²) in [5.74, 6) is -0.622. The Morgan fingerprint density at radius 3 is 2.34 bits per heavy atom. The Morgan fingerprint density at radius 1 is 1.05 bits per heavy atom. The maximum Gasteiger partial charge on any atom is 0.336 e. The monoisotopic (exact) mass is 582 g/mol. The summed E-state index contributed by atoms with van der Waals surface area (Å²) < 4.78 is 60.0. The summed E-state index contributed by atoms with van der Waals surface area (Å²) in [4.78, 5) is 17.5. The van der Waals surface area contributed by atoms with E-state index >= 15 is 0 Å². The first-order valence-electron chi connectivity index (χ1n) is 11.9. The van der Waals surface area contributed by atoms with Crippen molar-refractivity contribution in [2.75, 3.05) is 24.5 Å². The van der Waals surface area contributed by atoms with Gasteiger partial charge in [0.2, 0.25) is 9.84 Å². The maximum atomic E-state index is 13.0. The standard InChI is InChI=1S/C25H31N2O8PS2/c1-5-33-36(29,34-6-2)15-20-16-37-25(26-20)27-24(28)19-12-21(14-22(13-19)35-18(3)4)32-17-38(30,31)23-10-8-7-9-11-23/h7-14,16,18H,5-6,15,17H2,1-4H3,(H,26,27,28). The minimum absolute atomic E-state index is 0.0212. The zero-order valence-corrected chi connectivity index (χ0v) is 24.1. The number of nitrogens with one attached hydrogen (secondary N) is 1. The van der Waals surface area contributed by atoms with Gasteiger partial charge in [-0.25, -0.2) is 13.4 Å². The molecule has 0 fully saturated rings. The molecule has 3 aromatic rings. The second kappa shape index (κ2) is 13.3. The molecule has 38 heavy (non-hydrogen) atoms. The number of rotatable bonds is 14. The van der Waals surface area contributed by atoms with Gasteiger partial charge in [0.05, 0.1) is 36.1 Å². The van der Waals surface area contributed by atoms with Crippen molar-refractivity contribution >= 4 is 39.8 Å². The highest BCUT2D eigenvalue weighted by Crippen LogP contribution is 2.51. The molecule has 0 saturated heterocycles. The third-order valence-electron chi connectivity index (χ3n) is 4.78. The van der Waals surface area contributed by atoms with Crippen LogP contribution >= 0.6 is 18.9 Å². The van der Waals surface area contributed by atoms with E-state index in [1.807, 2.05) is 13.8 Å². The minimum Gasteiger partial charge on any atom is -0.491 e.